The predicted molar refractivity (Wildman–Crippen MR) is 212 cm³/mol. The number of hydrogen-bond acceptors (Lipinski definition) is 12. The van der Waals surface area contributed by atoms with Gasteiger partial charge in [-0.2, -0.15) is 18.2 Å². The fourth-order valence-corrected chi connectivity index (χ4v) is 9.90. The molecule has 4 aromatic rings. The Hall–Kier alpha value is -6.60. The molecule has 2 aliphatic heterocycles. The van der Waals surface area contributed by atoms with Crippen LogP contribution in [0.5, 0.6) is 5.75 Å². The van der Waals surface area contributed by atoms with E-state index >= 15 is 4.79 Å². The average molecular weight is 881 g/mol. The average Bonchev–Trinajstić information content (AvgIpc) is 3.58. The van der Waals surface area contributed by atoms with Crippen molar-refractivity contribution in [1.82, 2.24) is 9.99 Å². The van der Waals surface area contributed by atoms with Crippen LogP contribution in [0, 0.1) is 43.9 Å². The number of amides is 4. The Morgan fingerprint density at radius 2 is 1.56 bits per heavy atom. The molecule has 4 amide bonds. The number of fused-ring (bicyclic) bond motifs is 4. The summed E-state index contributed by atoms with van der Waals surface area (Å²) in [5.74, 6) is -10.3. The van der Waals surface area contributed by atoms with E-state index in [1.54, 1.807) is 12.1 Å². The van der Waals surface area contributed by atoms with Gasteiger partial charge in [-0.15, -0.1) is 0 Å². The van der Waals surface area contributed by atoms with Gasteiger partial charge in [-0.3, -0.25) is 44.8 Å². The van der Waals surface area contributed by atoms with Crippen molar-refractivity contribution in [2.45, 2.75) is 30.4 Å². The number of para-hydroxylation sites is 1. The standard InChI is InChI=1S/C40H30Cl2F3N7O9/c1-48(2)33-28(51(58)59)14-21(15-29(33)52(60)61)49-35(54)24-12-11-22-25(31(24)37(49)56)16-26-36(55)50(47-34-27(42)13-19(17-46-34)40(43,44)45)38(57)39(26,18-7-9-20(41)10-8-18)32(22)23-5-3-4-6-30(23)53/h3-11,13-15,17,24-26,31-32,53H,12,16H2,1-2H3,(H,46,47). The topological polar surface area (TPSA) is 209 Å². The maximum Gasteiger partial charge on any atom is 0.417 e. The van der Waals surface area contributed by atoms with Gasteiger partial charge in [0.25, 0.3) is 11.8 Å². The van der Waals surface area contributed by atoms with Crippen molar-refractivity contribution >= 4 is 75.4 Å². The second-order valence-corrected chi connectivity index (χ2v) is 16.1. The largest absolute Gasteiger partial charge is 0.508 e. The molecule has 61 heavy (non-hydrogen) atoms. The van der Waals surface area contributed by atoms with E-state index in [4.69, 9.17) is 23.2 Å². The van der Waals surface area contributed by atoms with Crippen LogP contribution in [0.1, 0.15) is 35.4 Å². The Labute approximate surface area is 352 Å². The smallest absolute Gasteiger partial charge is 0.417 e. The number of nitro benzene ring substituents is 2. The van der Waals surface area contributed by atoms with Crippen molar-refractivity contribution in [3.63, 3.8) is 0 Å². The second-order valence-electron chi connectivity index (χ2n) is 15.2. The Morgan fingerprint density at radius 1 is 0.918 bits per heavy atom. The molecule has 2 N–H and O–H groups in total. The van der Waals surface area contributed by atoms with E-state index in [2.05, 4.69) is 10.4 Å². The molecule has 16 nitrogen and oxygen atoms in total. The van der Waals surface area contributed by atoms with E-state index < -0.39 is 108 Å². The number of aromatic nitrogens is 1. The number of carbonyl (C=O) groups is 4. The van der Waals surface area contributed by atoms with Gasteiger partial charge in [0, 0.05) is 48.9 Å². The molecule has 3 aromatic carbocycles. The number of allylic oxidation sites excluding steroid dienone is 2. The number of hydrogen-bond donors (Lipinski definition) is 2. The maximum atomic E-state index is 15.3. The third kappa shape index (κ3) is 6.24. The summed E-state index contributed by atoms with van der Waals surface area (Å²) in [4.78, 5) is 87.5. The van der Waals surface area contributed by atoms with Crippen LogP contribution in [0.2, 0.25) is 10.0 Å². The Balaban J connectivity index is 1.30. The van der Waals surface area contributed by atoms with E-state index in [0.29, 0.717) is 27.7 Å². The first-order chi connectivity index (χ1) is 28.8. The fourth-order valence-electron chi connectivity index (χ4n) is 9.57. The van der Waals surface area contributed by atoms with Gasteiger partial charge in [0.2, 0.25) is 11.8 Å². The summed E-state index contributed by atoms with van der Waals surface area (Å²) in [6.07, 6.45) is -3.07. The van der Waals surface area contributed by atoms with Crippen molar-refractivity contribution < 1.29 is 47.3 Å². The molecule has 3 fully saturated rings. The first-order valence-corrected chi connectivity index (χ1v) is 19.2. The minimum absolute atomic E-state index is 0.113. The van der Waals surface area contributed by atoms with Crippen LogP contribution >= 0.6 is 23.2 Å². The molecular formula is C40H30Cl2F3N7O9. The molecule has 2 saturated heterocycles. The van der Waals surface area contributed by atoms with Gasteiger partial charge in [-0.25, -0.2) is 9.88 Å². The Morgan fingerprint density at radius 3 is 2.13 bits per heavy atom. The minimum atomic E-state index is -4.82. The van der Waals surface area contributed by atoms with Crippen molar-refractivity contribution in [2.24, 2.45) is 23.7 Å². The van der Waals surface area contributed by atoms with E-state index in [1.807, 2.05) is 0 Å². The first-order valence-electron chi connectivity index (χ1n) is 18.4. The number of phenolic OH excluding ortho intramolecular Hbond substituents is 1. The summed E-state index contributed by atoms with van der Waals surface area (Å²) < 4.78 is 40.5. The van der Waals surface area contributed by atoms with Crippen LogP contribution in [0.4, 0.5) is 41.7 Å². The van der Waals surface area contributed by atoms with E-state index in [-0.39, 0.29) is 40.4 Å². The van der Waals surface area contributed by atoms with Gasteiger partial charge in [0.1, 0.15) is 5.75 Å². The Kier molecular flexibility index (Phi) is 9.81. The minimum Gasteiger partial charge on any atom is -0.508 e. The van der Waals surface area contributed by atoms with Crippen molar-refractivity contribution in [1.29, 1.82) is 0 Å². The summed E-state index contributed by atoms with van der Waals surface area (Å²) >= 11 is 12.5. The molecule has 3 heterocycles. The maximum absolute atomic E-state index is 15.3. The third-order valence-corrected chi connectivity index (χ3v) is 12.5. The van der Waals surface area contributed by atoms with Crippen molar-refractivity contribution in [2.75, 3.05) is 29.3 Å². The van der Waals surface area contributed by atoms with E-state index in [1.165, 1.54) is 56.6 Å². The van der Waals surface area contributed by atoms with Crippen LogP contribution in [0.15, 0.2) is 84.6 Å². The first kappa shape index (κ1) is 41.1. The number of nitrogens with one attached hydrogen (secondary N) is 1. The lowest BCUT2D eigenvalue weighted by molar-refractivity contribution is -0.392. The van der Waals surface area contributed by atoms with Crippen LogP contribution in [0.25, 0.3) is 0 Å². The summed E-state index contributed by atoms with van der Waals surface area (Å²) in [6.45, 7) is 0. The molecule has 0 radical (unpaired) electrons. The lowest BCUT2D eigenvalue weighted by Gasteiger charge is -2.50. The molecule has 1 saturated carbocycles. The summed E-state index contributed by atoms with van der Waals surface area (Å²) in [7, 11) is 2.72. The van der Waals surface area contributed by atoms with Crippen molar-refractivity contribution in [3.05, 3.63) is 132 Å². The molecule has 6 unspecified atom stereocenters. The summed E-state index contributed by atoms with van der Waals surface area (Å²) in [6, 6.07) is 14.4. The second kappa shape index (κ2) is 14.5. The summed E-state index contributed by atoms with van der Waals surface area (Å²) in [5.41, 5.74) is -2.06. The van der Waals surface area contributed by atoms with E-state index in [0.717, 1.165) is 17.0 Å². The lowest BCUT2D eigenvalue weighted by Crippen LogP contribution is -2.53. The zero-order chi connectivity index (χ0) is 44.0. The van der Waals surface area contributed by atoms with Crippen LogP contribution in [0.3, 0.4) is 0 Å². The zero-order valence-corrected chi connectivity index (χ0v) is 33.1. The number of halogens is 5. The molecule has 0 bridgehead atoms. The molecular weight excluding hydrogens is 850 g/mol. The molecule has 21 heteroatoms. The van der Waals surface area contributed by atoms with Crippen LogP contribution < -0.4 is 15.2 Å². The highest BCUT2D eigenvalue weighted by atomic mass is 35.5. The van der Waals surface area contributed by atoms with Crippen molar-refractivity contribution in [3.8, 4) is 5.75 Å². The van der Waals surface area contributed by atoms with Crippen LogP contribution in [-0.2, 0) is 30.8 Å². The van der Waals surface area contributed by atoms with Gasteiger partial charge in [-0.1, -0.05) is 65.2 Å². The highest BCUT2D eigenvalue weighted by molar-refractivity contribution is 6.33. The number of anilines is 3. The predicted octanol–water partition coefficient (Wildman–Crippen LogP) is 7.18. The number of nitro groups is 2. The quantitative estimate of drug-likeness (QED) is 0.0780. The highest BCUT2D eigenvalue weighted by Gasteiger charge is 2.71. The molecule has 8 rings (SSSR count). The summed E-state index contributed by atoms with van der Waals surface area (Å²) in [5, 5.41) is 36.2. The zero-order valence-electron chi connectivity index (χ0n) is 31.6. The van der Waals surface area contributed by atoms with E-state index in [9.17, 15) is 52.9 Å². The lowest BCUT2D eigenvalue weighted by atomic mass is 9.49. The van der Waals surface area contributed by atoms with Gasteiger partial charge < -0.3 is 10.0 Å². The number of phenols is 1. The molecule has 1 aromatic heterocycles. The number of alkyl halides is 3. The number of aromatic hydroxyl groups is 1. The van der Waals surface area contributed by atoms with Gasteiger partial charge in [-0.05, 0) is 48.6 Å². The number of hydrazine groups is 1. The fraction of sp³-hybridized carbons (Fsp3) is 0.275. The molecule has 0 spiro atoms. The van der Waals surface area contributed by atoms with Gasteiger partial charge in [0.05, 0.1) is 49.3 Å². The van der Waals surface area contributed by atoms with Gasteiger partial charge >= 0.3 is 17.6 Å². The number of nitrogens with zero attached hydrogens (tertiary/aromatic N) is 6. The molecule has 314 valence electrons. The molecule has 4 aliphatic rings. The number of imide groups is 2. The molecule has 2 aliphatic carbocycles. The molecule has 6 atom stereocenters. The highest BCUT2D eigenvalue weighted by Crippen LogP contribution is 2.65. The number of carbonyl (C=O) groups excluding carboxylic acids is 4. The number of pyridine rings is 1. The number of rotatable bonds is 8. The number of benzene rings is 3. The monoisotopic (exact) mass is 879 g/mol. The van der Waals surface area contributed by atoms with Crippen LogP contribution in [-0.4, -0.2) is 62.7 Å². The SMILES string of the molecule is CN(C)c1c([N+](=O)[O-])cc(N2C(=O)C3CC=C4C(CC5C(=O)N(Nc6ncc(C(F)(F)F)cc6Cl)C(=O)C5(c5ccc(Cl)cc5)C4c4ccccc4O)C3C2=O)cc1[N+](=O)[O-]. The third-order valence-electron chi connectivity index (χ3n) is 12.0. The van der Waals surface area contributed by atoms with Gasteiger partial charge in [0.15, 0.2) is 11.5 Å². The Bertz CT molecular complexity index is 2610. The normalized spacial score (nSPS) is 24.6.